The number of anilines is 3. The summed E-state index contributed by atoms with van der Waals surface area (Å²) in [6, 6.07) is 10.9. The Hall–Kier alpha value is -5.86. The van der Waals surface area contributed by atoms with Gasteiger partial charge in [-0.05, 0) is 87.8 Å². The number of nitrogen functional groups attached to an aromatic ring is 1. The summed E-state index contributed by atoms with van der Waals surface area (Å²) in [4.78, 5) is 86.1. The third kappa shape index (κ3) is 8.09. The van der Waals surface area contributed by atoms with E-state index in [2.05, 4.69) is 29.8 Å². The number of carbonyl (C=O) groups is 5. The second-order valence-corrected chi connectivity index (χ2v) is 21.5. The molecule has 20 heteroatoms. The number of nitrogens with one attached hydrogen (secondary N) is 2. The number of likely N-dealkylation sites (tertiary alicyclic amines) is 2. The molecule has 6 aliphatic rings. The van der Waals surface area contributed by atoms with Gasteiger partial charge in [0.15, 0.2) is 5.82 Å². The van der Waals surface area contributed by atoms with Gasteiger partial charge in [-0.2, -0.15) is 0 Å². The van der Waals surface area contributed by atoms with Crippen molar-refractivity contribution in [1.82, 2.24) is 35.0 Å². The molecule has 5 aliphatic heterocycles. The van der Waals surface area contributed by atoms with Crippen molar-refractivity contribution >= 4 is 68.2 Å². The molecule has 4 saturated heterocycles. The fourth-order valence-corrected chi connectivity index (χ4v) is 13.1. The van der Waals surface area contributed by atoms with Gasteiger partial charge in [0.25, 0.3) is 11.8 Å². The van der Waals surface area contributed by atoms with Gasteiger partial charge in [-0.1, -0.05) is 13.0 Å². The number of thiazole rings is 1. The number of aromatic nitrogens is 3. The molecule has 1 atom stereocenters. The smallest absolute Gasteiger partial charge is 0.262 e. The fourth-order valence-electron chi connectivity index (χ4n) is 10.7. The maximum Gasteiger partial charge on any atom is 0.262 e. The summed E-state index contributed by atoms with van der Waals surface area (Å²) in [5.74, 6) is -2.51. The zero-order valence-corrected chi connectivity index (χ0v) is 38.1. The molecule has 5 amide bonds. The molecule has 10 rings (SSSR count). The van der Waals surface area contributed by atoms with Crippen LogP contribution in [0.3, 0.4) is 0 Å². The number of nitrogens with two attached hydrogens (primary N) is 1. The highest BCUT2D eigenvalue weighted by Gasteiger charge is 2.51. The van der Waals surface area contributed by atoms with E-state index in [1.54, 1.807) is 43.5 Å². The summed E-state index contributed by atoms with van der Waals surface area (Å²) in [5, 5.41) is 3.09. The standard InChI is InChI=1S/C46H51FN10O7S2/c1-2-20-66(63,64)53-33-5-3-4-31(37(33)47)38-39(34-12-17-49-45(48)50-34)65-41(52-38)26-10-15-46(16-11-26)24-56(25-46)42(60)27-22-55(23-27)28-13-18-54(19-14-28)29-6-7-30-32(21-29)44(62)57(43(30)61)35-8-9-36(58)51-40(35)59/h3-7,12,17,21,26-28,35,53H,2,8-11,13-16,18-20,22-25H2,1H3,(H2,48,49,50)(H,51,58,59)/t35-/m1/s1. The lowest BCUT2D eigenvalue weighted by atomic mass is 9.65. The van der Waals surface area contributed by atoms with Crippen LogP contribution in [0, 0.1) is 17.2 Å². The van der Waals surface area contributed by atoms with Gasteiger partial charge in [0, 0.05) is 80.5 Å². The molecular formula is C46H51FN10O7S2. The van der Waals surface area contributed by atoms with E-state index >= 15 is 4.39 Å². The van der Waals surface area contributed by atoms with Crippen LogP contribution in [0.4, 0.5) is 21.7 Å². The Bertz CT molecular complexity index is 2760. The van der Waals surface area contributed by atoms with E-state index in [-0.39, 0.29) is 70.1 Å². The highest BCUT2D eigenvalue weighted by Crippen LogP contribution is 2.51. The topological polar surface area (TPSA) is 221 Å². The number of piperidine rings is 2. The second kappa shape index (κ2) is 17.1. The molecule has 346 valence electrons. The molecule has 66 heavy (non-hydrogen) atoms. The first-order valence-corrected chi connectivity index (χ1v) is 25.2. The van der Waals surface area contributed by atoms with Gasteiger partial charge >= 0.3 is 0 Å². The molecule has 5 fully saturated rings. The Morgan fingerprint density at radius 1 is 0.955 bits per heavy atom. The van der Waals surface area contributed by atoms with E-state index in [0.29, 0.717) is 28.7 Å². The van der Waals surface area contributed by atoms with Crippen LogP contribution in [0.1, 0.15) is 96.4 Å². The van der Waals surface area contributed by atoms with Crippen LogP contribution >= 0.6 is 11.3 Å². The molecule has 1 saturated carbocycles. The molecule has 0 radical (unpaired) electrons. The number of imide groups is 2. The first kappa shape index (κ1) is 44.0. The summed E-state index contributed by atoms with van der Waals surface area (Å²) in [5.41, 5.74) is 8.32. The van der Waals surface area contributed by atoms with Gasteiger partial charge in [0.2, 0.25) is 33.7 Å². The highest BCUT2D eigenvalue weighted by molar-refractivity contribution is 7.92. The number of amides is 5. The van der Waals surface area contributed by atoms with Crippen LogP contribution < -0.4 is 20.7 Å². The Labute approximate surface area is 385 Å². The molecule has 17 nitrogen and oxygen atoms in total. The van der Waals surface area contributed by atoms with Crippen LogP contribution in [-0.2, 0) is 24.4 Å². The van der Waals surface area contributed by atoms with E-state index in [9.17, 15) is 32.4 Å². The number of hydrogen-bond donors (Lipinski definition) is 3. The zero-order chi connectivity index (χ0) is 46.1. The third-order valence-corrected chi connectivity index (χ3v) is 17.0. The van der Waals surface area contributed by atoms with Crippen molar-refractivity contribution in [2.24, 2.45) is 11.3 Å². The monoisotopic (exact) mass is 938 g/mol. The van der Waals surface area contributed by atoms with Gasteiger partial charge in [0.1, 0.15) is 6.04 Å². The molecule has 1 spiro atoms. The van der Waals surface area contributed by atoms with Crippen LogP contribution in [0.25, 0.3) is 21.8 Å². The van der Waals surface area contributed by atoms with E-state index in [4.69, 9.17) is 10.7 Å². The number of sulfonamides is 1. The van der Waals surface area contributed by atoms with Crippen LogP contribution in [-0.4, -0.2) is 125 Å². The molecule has 7 heterocycles. The average Bonchev–Trinajstić information content (AvgIpc) is 3.81. The SMILES string of the molecule is CCCS(=O)(=O)Nc1cccc(-c2nc(C3CCC4(CC3)CN(C(=O)C3CN(C5CCN(c6ccc7c(c6)C(=O)N([C@@H]6CCC(=O)NC6=O)C7=O)CC5)C3)C4)sc2-c2ccnc(N)n2)c1F. The van der Waals surface area contributed by atoms with Gasteiger partial charge in [-0.15, -0.1) is 11.3 Å². The van der Waals surface area contributed by atoms with Crippen molar-refractivity contribution in [2.45, 2.75) is 82.7 Å². The number of benzene rings is 2. The van der Waals surface area contributed by atoms with Gasteiger partial charge < -0.3 is 15.5 Å². The number of carbonyl (C=O) groups excluding carboxylic acids is 5. The van der Waals surface area contributed by atoms with Crippen LogP contribution in [0.15, 0.2) is 48.7 Å². The van der Waals surface area contributed by atoms with Gasteiger partial charge in [-0.3, -0.25) is 43.8 Å². The van der Waals surface area contributed by atoms with Gasteiger partial charge in [0.05, 0.1) is 49.8 Å². The van der Waals surface area contributed by atoms with Crippen molar-refractivity contribution in [2.75, 3.05) is 60.4 Å². The lowest BCUT2D eigenvalue weighted by Gasteiger charge is -2.56. The Kier molecular flexibility index (Phi) is 11.4. The maximum absolute atomic E-state index is 16.1. The third-order valence-electron chi connectivity index (χ3n) is 14.3. The van der Waals surface area contributed by atoms with Crippen molar-refractivity contribution in [3.8, 4) is 21.8 Å². The Morgan fingerprint density at radius 2 is 1.70 bits per heavy atom. The number of hydrogen-bond acceptors (Lipinski definition) is 14. The minimum Gasteiger partial charge on any atom is -0.371 e. The summed E-state index contributed by atoms with van der Waals surface area (Å²) >= 11 is 1.45. The molecular weight excluding hydrogens is 888 g/mol. The summed E-state index contributed by atoms with van der Waals surface area (Å²) in [7, 11) is -3.73. The molecule has 4 N–H and O–H groups in total. The number of halogens is 1. The normalized spacial score (nSPS) is 21.8. The Morgan fingerprint density at radius 3 is 2.41 bits per heavy atom. The zero-order valence-electron chi connectivity index (χ0n) is 36.5. The van der Waals surface area contributed by atoms with E-state index in [0.717, 1.165) is 93.4 Å². The molecule has 2 aromatic carbocycles. The lowest BCUT2D eigenvalue weighted by molar-refractivity contribution is -0.157. The molecule has 2 aromatic heterocycles. The summed E-state index contributed by atoms with van der Waals surface area (Å²) in [6.45, 7) is 6.23. The Balaban J connectivity index is 0.718. The molecule has 4 aromatic rings. The predicted molar refractivity (Wildman–Crippen MR) is 244 cm³/mol. The van der Waals surface area contributed by atoms with E-state index < -0.39 is 45.5 Å². The molecule has 1 aliphatic carbocycles. The minimum atomic E-state index is -3.73. The number of rotatable bonds is 11. The quantitative estimate of drug-likeness (QED) is 0.175. The largest absolute Gasteiger partial charge is 0.371 e. The highest BCUT2D eigenvalue weighted by atomic mass is 32.2. The van der Waals surface area contributed by atoms with Gasteiger partial charge in [-0.25, -0.2) is 27.8 Å². The number of fused-ring (bicyclic) bond motifs is 1. The van der Waals surface area contributed by atoms with Crippen LogP contribution in [0.5, 0.6) is 0 Å². The van der Waals surface area contributed by atoms with Crippen molar-refractivity contribution in [1.29, 1.82) is 0 Å². The predicted octanol–water partition coefficient (Wildman–Crippen LogP) is 4.63. The summed E-state index contributed by atoms with van der Waals surface area (Å²) in [6.07, 6.45) is 7.55. The molecule has 0 unspecified atom stereocenters. The lowest BCUT2D eigenvalue weighted by Crippen LogP contribution is -2.65. The van der Waals surface area contributed by atoms with Crippen LogP contribution in [0.2, 0.25) is 0 Å². The van der Waals surface area contributed by atoms with Crippen molar-refractivity contribution in [3.63, 3.8) is 0 Å². The molecule has 0 bridgehead atoms. The van der Waals surface area contributed by atoms with Crippen molar-refractivity contribution < 1.29 is 36.8 Å². The fraction of sp³-hybridized carbons (Fsp3) is 0.478. The van der Waals surface area contributed by atoms with E-state index in [1.165, 1.54) is 17.4 Å². The number of nitrogens with zero attached hydrogens (tertiary/aromatic N) is 7. The second-order valence-electron chi connectivity index (χ2n) is 18.6. The summed E-state index contributed by atoms with van der Waals surface area (Å²) < 4.78 is 43.6. The van der Waals surface area contributed by atoms with E-state index in [1.807, 2.05) is 11.0 Å². The minimum absolute atomic E-state index is 0.0202. The average molecular weight is 939 g/mol. The first-order chi connectivity index (χ1) is 31.7. The van der Waals surface area contributed by atoms with Crippen molar-refractivity contribution in [3.05, 3.63) is 70.6 Å². The maximum atomic E-state index is 16.1. The first-order valence-electron chi connectivity index (χ1n) is 22.7.